The molecular weight excluding hydrogens is 419 g/mol. The molecule has 130 valence electrons. The van der Waals surface area contributed by atoms with Crippen LogP contribution in [0.25, 0.3) is 0 Å². The first-order valence-corrected chi connectivity index (χ1v) is 9.49. The minimum Gasteiger partial charge on any atom is -0.369 e. The number of unbranched alkanes of at least 4 members (excludes halogenated alkanes) is 1. The summed E-state index contributed by atoms with van der Waals surface area (Å²) in [7, 11) is 1.85. The first-order chi connectivity index (χ1) is 10.8. The molecule has 1 heterocycles. The van der Waals surface area contributed by atoms with Crippen molar-refractivity contribution in [2.45, 2.75) is 25.3 Å². The molecule has 1 fully saturated rings. The van der Waals surface area contributed by atoms with Crippen molar-refractivity contribution < 1.29 is 0 Å². The van der Waals surface area contributed by atoms with Crippen molar-refractivity contribution in [3.05, 3.63) is 30.3 Å². The fourth-order valence-corrected chi connectivity index (χ4v) is 3.21. The van der Waals surface area contributed by atoms with Crippen LogP contribution in [0.3, 0.4) is 0 Å². The molecule has 2 rings (SSSR count). The Labute approximate surface area is 161 Å². The Bertz CT molecular complexity index is 455. The van der Waals surface area contributed by atoms with Gasteiger partial charge in [0.2, 0.25) is 0 Å². The first-order valence-electron chi connectivity index (χ1n) is 8.09. The molecule has 0 saturated carbocycles. The molecule has 6 heteroatoms. The van der Waals surface area contributed by atoms with Crippen LogP contribution in [-0.2, 0) is 0 Å². The maximum absolute atomic E-state index is 4.34. The molecule has 4 nitrogen and oxygen atoms in total. The first kappa shape index (κ1) is 20.4. The van der Waals surface area contributed by atoms with Crippen molar-refractivity contribution in [1.82, 2.24) is 10.6 Å². The number of nitrogens with one attached hydrogen (secondary N) is 2. The Kier molecular flexibility index (Phi) is 10.5. The fourth-order valence-electron chi connectivity index (χ4n) is 2.72. The Morgan fingerprint density at radius 3 is 2.78 bits per heavy atom. The largest absolute Gasteiger partial charge is 0.369 e. The van der Waals surface area contributed by atoms with Gasteiger partial charge in [0.1, 0.15) is 0 Å². The summed E-state index contributed by atoms with van der Waals surface area (Å²) in [4.78, 5) is 6.77. The summed E-state index contributed by atoms with van der Waals surface area (Å²) in [5.41, 5.74) is 1.31. The summed E-state index contributed by atoms with van der Waals surface area (Å²) in [5, 5.41) is 6.97. The number of guanidine groups is 1. The molecule has 0 aliphatic carbocycles. The van der Waals surface area contributed by atoms with E-state index >= 15 is 0 Å². The molecule has 0 radical (unpaired) electrons. The van der Waals surface area contributed by atoms with Gasteiger partial charge in [0.25, 0.3) is 0 Å². The van der Waals surface area contributed by atoms with E-state index in [-0.39, 0.29) is 24.0 Å². The van der Waals surface area contributed by atoms with Crippen molar-refractivity contribution in [2.24, 2.45) is 4.99 Å². The van der Waals surface area contributed by atoms with E-state index in [1.165, 1.54) is 24.3 Å². The van der Waals surface area contributed by atoms with Gasteiger partial charge in [-0.3, -0.25) is 4.99 Å². The van der Waals surface area contributed by atoms with Gasteiger partial charge in [0.05, 0.1) is 0 Å². The van der Waals surface area contributed by atoms with Gasteiger partial charge < -0.3 is 15.5 Å². The molecule has 0 spiro atoms. The third-order valence-electron chi connectivity index (χ3n) is 3.94. The number of halogens is 1. The fraction of sp³-hybridized carbons (Fsp3) is 0.588. The zero-order valence-electron chi connectivity index (χ0n) is 14.1. The zero-order valence-corrected chi connectivity index (χ0v) is 17.3. The number of aliphatic imine (C=N–C) groups is 1. The van der Waals surface area contributed by atoms with Crippen LogP contribution < -0.4 is 15.5 Å². The Balaban J connectivity index is 0.00000264. The summed E-state index contributed by atoms with van der Waals surface area (Å²) in [5.74, 6) is 2.17. The van der Waals surface area contributed by atoms with Crippen molar-refractivity contribution in [3.8, 4) is 0 Å². The van der Waals surface area contributed by atoms with Crippen LogP contribution in [0.2, 0.25) is 0 Å². The average Bonchev–Trinajstić information content (AvgIpc) is 3.03. The number of rotatable bonds is 7. The van der Waals surface area contributed by atoms with E-state index < -0.39 is 0 Å². The van der Waals surface area contributed by atoms with Gasteiger partial charge in [-0.1, -0.05) is 18.2 Å². The molecule has 0 aromatic heterocycles. The van der Waals surface area contributed by atoms with Crippen LogP contribution in [0.4, 0.5) is 5.69 Å². The monoisotopic (exact) mass is 448 g/mol. The lowest BCUT2D eigenvalue weighted by Gasteiger charge is -2.20. The maximum atomic E-state index is 4.34. The lowest BCUT2D eigenvalue weighted by Crippen LogP contribution is -2.44. The molecule has 1 aliphatic rings. The van der Waals surface area contributed by atoms with Gasteiger partial charge in [-0.25, -0.2) is 0 Å². The molecule has 1 aromatic rings. The molecule has 1 unspecified atom stereocenters. The second-order valence-corrected chi connectivity index (χ2v) is 6.60. The Hall–Kier alpha value is -0.630. The summed E-state index contributed by atoms with van der Waals surface area (Å²) in [6.45, 7) is 3.14. The van der Waals surface area contributed by atoms with Crippen molar-refractivity contribution in [2.75, 3.05) is 43.6 Å². The van der Waals surface area contributed by atoms with Crippen molar-refractivity contribution in [3.63, 3.8) is 0 Å². The normalized spacial score (nSPS) is 17.7. The van der Waals surface area contributed by atoms with Crippen LogP contribution in [0.1, 0.15) is 19.3 Å². The zero-order chi connectivity index (χ0) is 15.6. The second kappa shape index (κ2) is 11.8. The van der Waals surface area contributed by atoms with Crippen molar-refractivity contribution >= 4 is 47.4 Å². The van der Waals surface area contributed by atoms with E-state index in [4.69, 9.17) is 0 Å². The van der Waals surface area contributed by atoms with Crippen LogP contribution in [0.5, 0.6) is 0 Å². The smallest absolute Gasteiger partial charge is 0.191 e. The average molecular weight is 448 g/mol. The number of anilines is 1. The van der Waals surface area contributed by atoms with E-state index in [1.807, 2.05) is 18.8 Å². The Morgan fingerprint density at radius 1 is 1.30 bits per heavy atom. The minimum atomic E-state index is 0. The highest BCUT2D eigenvalue weighted by atomic mass is 127. The van der Waals surface area contributed by atoms with Crippen LogP contribution in [0.15, 0.2) is 35.3 Å². The molecule has 1 aliphatic heterocycles. The molecule has 0 amide bonds. The Morgan fingerprint density at radius 2 is 2.09 bits per heavy atom. The predicted octanol–water partition coefficient (Wildman–Crippen LogP) is 3.19. The van der Waals surface area contributed by atoms with Gasteiger partial charge in [-0.05, 0) is 43.4 Å². The third kappa shape index (κ3) is 7.20. The van der Waals surface area contributed by atoms with Gasteiger partial charge in [-0.15, -0.1) is 24.0 Å². The topological polar surface area (TPSA) is 39.7 Å². The number of hydrogen-bond acceptors (Lipinski definition) is 3. The highest BCUT2D eigenvalue weighted by molar-refractivity contribution is 14.0. The lowest BCUT2D eigenvalue weighted by atomic mass is 10.2. The molecule has 2 N–H and O–H groups in total. The maximum Gasteiger partial charge on any atom is 0.191 e. The minimum absolute atomic E-state index is 0. The molecule has 1 atom stereocenters. The number of para-hydroxylation sites is 1. The van der Waals surface area contributed by atoms with E-state index in [0.717, 1.165) is 32.0 Å². The molecule has 23 heavy (non-hydrogen) atoms. The van der Waals surface area contributed by atoms with E-state index in [0.29, 0.717) is 6.04 Å². The van der Waals surface area contributed by atoms with Crippen LogP contribution >= 0.6 is 35.7 Å². The van der Waals surface area contributed by atoms with Gasteiger partial charge in [0, 0.05) is 38.4 Å². The van der Waals surface area contributed by atoms with Gasteiger partial charge in [0.15, 0.2) is 5.96 Å². The van der Waals surface area contributed by atoms with E-state index in [9.17, 15) is 0 Å². The number of thioether (sulfide) groups is 1. The third-order valence-corrected chi connectivity index (χ3v) is 4.64. The summed E-state index contributed by atoms with van der Waals surface area (Å²) in [6, 6.07) is 11.1. The summed E-state index contributed by atoms with van der Waals surface area (Å²) in [6.07, 6.45) is 5.77. The summed E-state index contributed by atoms with van der Waals surface area (Å²) >= 11 is 1.91. The highest BCUT2D eigenvalue weighted by Gasteiger charge is 2.23. The summed E-state index contributed by atoms with van der Waals surface area (Å²) < 4.78 is 0. The molecule has 1 saturated heterocycles. The standard InChI is InChI=1S/C17H28N4S.HI/c1-18-17(19-11-6-7-13-22-2)20-15-10-12-21(14-15)16-8-4-3-5-9-16;/h3-5,8-9,15H,6-7,10-14H2,1-2H3,(H2,18,19,20);1H. The second-order valence-electron chi connectivity index (χ2n) is 5.61. The van der Waals surface area contributed by atoms with E-state index in [1.54, 1.807) is 0 Å². The number of benzene rings is 1. The molecular formula is C17H29IN4S. The predicted molar refractivity (Wildman–Crippen MR) is 115 cm³/mol. The number of nitrogens with zero attached hydrogens (tertiary/aromatic N) is 2. The SMILES string of the molecule is CN=C(NCCCCSC)NC1CCN(c2ccccc2)C1.I. The van der Waals surface area contributed by atoms with Gasteiger partial charge >= 0.3 is 0 Å². The number of hydrogen-bond donors (Lipinski definition) is 2. The lowest BCUT2D eigenvalue weighted by molar-refractivity contribution is 0.642. The highest BCUT2D eigenvalue weighted by Crippen LogP contribution is 2.19. The van der Waals surface area contributed by atoms with E-state index in [2.05, 4.69) is 57.1 Å². The molecule has 0 bridgehead atoms. The van der Waals surface area contributed by atoms with Crippen molar-refractivity contribution in [1.29, 1.82) is 0 Å². The molecule has 1 aromatic carbocycles. The van der Waals surface area contributed by atoms with Crippen LogP contribution in [-0.4, -0.2) is 50.7 Å². The van der Waals surface area contributed by atoms with Crippen LogP contribution in [0, 0.1) is 0 Å². The van der Waals surface area contributed by atoms with Gasteiger partial charge in [-0.2, -0.15) is 11.8 Å². The quantitative estimate of drug-likeness (QED) is 0.291.